The first-order chi connectivity index (χ1) is 5.31. The van der Waals surface area contributed by atoms with E-state index in [9.17, 15) is 0 Å². The lowest BCUT2D eigenvalue weighted by atomic mass is 10.3. The lowest BCUT2D eigenvalue weighted by Crippen LogP contribution is -2.15. The van der Waals surface area contributed by atoms with Crippen LogP contribution in [0.1, 0.15) is 19.8 Å². The zero-order valence-corrected chi connectivity index (χ0v) is 8.89. The molecule has 1 atom stereocenters. The van der Waals surface area contributed by atoms with E-state index in [1.165, 1.54) is 6.42 Å². The summed E-state index contributed by atoms with van der Waals surface area (Å²) >= 11 is 3.37. The van der Waals surface area contributed by atoms with E-state index in [2.05, 4.69) is 15.9 Å². The highest BCUT2D eigenvalue weighted by atomic mass is 79.9. The van der Waals surface area contributed by atoms with Gasteiger partial charge in [0.05, 0.1) is 12.7 Å². The largest absolute Gasteiger partial charge is 0.382 e. The fourth-order valence-corrected chi connectivity index (χ4v) is 1.16. The molecule has 0 saturated heterocycles. The molecular weight excluding hydrogens is 208 g/mol. The molecule has 0 amide bonds. The van der Waals surface area contributed by atoms with Gasteiger partial charge in [0.15, 0.2) is 0 Å². The molecule has 68 valence electrons. The first kappa shape index (κ1) is 11.4. The fourth-order valence-electron chi connectivity index (χ4n) is 0.764. The average molecular weight is 225 g/mol. The number of rotatable bonds is 7. The minimum atomic E-state index is 0.232. The highest BCUT2D eigenvalue weighted by Gasteiger charge is 1.99. The Balaban J connectivity index is 2.97. The second-order valence-electron chi connectivity index (χ2n) is 2.53. The molecule has 0 aliphatic heterocycles. The van der Waals surface area contributed by atoms with Gasteiger partial charge in [-0.25, -0.2) is 0 Å². The average Bonchev–Trinajstić information content (AvgIpc) is 1.99. The third-order valence-electron chi connectivity index (χ3n) is 1.33. The molecule has 0 N–H and O–H groups in total. The van der Waals surface area contributed by atoms with Crippen molar-refractivity contribution < 1.29 is 9.47 Å². The number of unbranched alkanes of at least 4 members (excludes halogenated alkanes) is 1. The highest BCUT2D eigenvalue weighted by molar-refractivity contribution is 9.09. The Morgan fingerprint density at radius 3 is 2.64 bits per heavy atom. The molecule has 11 heavy (non-hydrogen) atoms. The van der Waals surface area contributed by atoms with Crippen LogP contribution >= 0.6 is 15.9 Å². The van der Waals surface area contributed by atoms with E-state index in [-0.39, 0.29) is 6.10 Å². The Labute approximate surface area is 77.4 Å². The minimum absolute atomic E-state index is 0.232. The summed E-state index contributed by atoms with van der Waals surface area (Å²) in [6, 6.07) is 0. The van der Waals surface area contributed by atoms with Gasteiger partial charge in [-0.3, -0.25) is 0 Å². The molecule has 0 aliphatic rings. The van der Waals surface area contributed by atoms with E-state index >= 15 is 0 Å². The minimum Gasteiger partial charge on any atom is -0.382 e. The Kier molecular flexibility index (Phi) is 8.81. The monoisotopic (exact) mass is 224 g/mol. The Morgan fingerprint density at radius 2 is 2.09 bits per heavy atom. The summed E-state index contributed by atoms with van der Waals surface area (Å²) in [5, 5.41) is 1.06. The zero-order valence-electron chi connectivity index (χ0n) is 7.31. The number of alkyl halides is 1. The van der Waals surface area contributed by atoms with Crippen molar-refractivity contribution in [2.24, 2.45) is 0 Å². The number of ether oxygens (including phenoxy) is 2. The molecule has 0 radical (unpaired) electrons. The maximum atomic E-state index is 5.44. The maximum absolute atomic E-state index is 5.44. The zero-order chi connectivity index (χ0) is 8.53. The van der Waals surface area contributed by atoms with Crippen molar-refractivity contribution in [2.45, 2.75) is 25.9 Å². The summed E-state index contributed by atoms with van der Waals surface area (Å²) in [7, 11) is 1.69. The summed E-state index contributed by atoms with van der Waals surface area (Å²) < 4.78 is 10.4. The summed E-state index contributed by atoms with van der Waals surface area (Å²) in [5.74, 6) is 0. The van der Waals surface area contributed by atoms with Crippen molar-refractivity contribution in [3.63, 3.8) is 0 Å². The van der Waals surface area contributed by atoms with E-state index in [4.69, 9.17) is 9.47 Å². The third kappa shape index (κ3) is 8.30. The van der Waals surface area contributed by atoms with Gasteiger partial charge in [-0.2, -0.15) is 0 Å². The van der Waals surface area contributed by atoms with Gasteiger partial charge in [0, 0.05) is 19.0 Å². The van der Waals surface area contributed by atoms with Crippen LogP contribution in [0.3, 0.4) is 0 Å². The first-order valence-corrected chi connectivity index (χ1v) is 5.10. The molecule has 0 bridgehead atoms. The summed E-state index contributed by atoms with van der Waals surface area (Å²) in [5.41, 5.74) is 0. The van der Waals surface area contributed by atoms with E-state index in [1.54, 1.807) is 7.11 Å². The third-order valence-corrected chi connectivity index (χ3v) is 1.89. The molecular formula is C8H17BrO2. The first-order valence-electron chi connectivity index (χ1n) is 3.97. The molecule has 0 saturated carbocycles. The molecule has 2 nitrogen and oxygen atoms in total. The lowest BCUT2D eigenvalue weighted by Gasteiger charge is -2.10. The molecule has 3 heteroatoms. The summed E-state index contributed by atoms with van der Waals surface area (Å²) in [4.78, 5) is 0. The predicted molar refractivity (Wildman–Crippen MR) is 50.3 cm³/mol. The van der Waals surface area contributed by atoms with E-state index < -0.39 is 0 Å². The molecule has 0 spiro atoms. The second kappa shape index (κ2) is 8.50. The summed E-state index contributed by atoms with van der Waals surface area (Å²) in [6.07, 6.45) is 2.54. The van der Waals surface area contributed by atoms with Crippen LogP contribution in [0.15, 0.2) is 0 Å². The van der Waals surface area contributed by atoms with Gasteiger partial charge in [-0.05, 0) is 19.8 Å². The van der Waals surface area contributed by atoms with Crippen LogP contribution in [-0.2, 0) is 9.47 Å². The standard InChI is InChI=1S/C8H17BrO2/c1-8(7-10-2)11-6-4-3-5-9/h8H,3-7H2,1-2H3. The molecule has 1 unspecified atom stereocenters. The maximum Gasteiger partial charge on any atom is 0.0780 e. The molecule has 0 heterocycles. The van der Waals surface area contributed by atoms with E-state index in [0.29, 0.717) is 6.61 Å². The van der Waals surface area contributed by atoms with E-state index in [1.807, 2.05) is 6.92 Å². The van der Waals surface area contributed by atoms with Crippen LogP contribution in [0, 0.1) is 0 Å². The Bertz CT molecular complexity index is 78.5. The van der Waals surface area contributed by atoms with Gasteiger partial charge in [-0.15, -0.1) is 0 Å². The van der Waals surface area contributed by atoms with Crippen LogP contribution in [-0.4, -0.2) is 31.8 Å². The fraction of sp³-hybridized carbons (Fsp3) is 1.00. The topological polar surface area (TPSA) is 18.5 Å². The van der Waals surface area contributed by atoms with Crippen LogP contribution in [0.25, 0.3) is 0 Å². The SMILES string of the molecule is COCC(C)OCCCCBr. The Hall–Kier alpha value is 0.400. The Morgan fingerprint density at radius 1 is 1.36 bits per heavy atom. The van der Waals surface area contributed by atoms with Gasteiger partial charge in [0.1, 0.15) is 0 Å². The van der Waals surface area contributed by atoms with Crippen molar-refractivity contribution in [3.8, 4) is 0 Å². The van der Waals surface area contributed by atoms with Gasteiger partial charge in [-0.1, -0.05) is 15.9 Å². The van der Waals surface area contributed by atoms with Crippen molar-refractivity contribution >= 4 is 15.9 Å². The van der Waals surface area contributed by atoms with Gasteiger partial charge in [0.2, 0.25) is 0 Å². The van der Waals surface area contributed by atoms with Gasteiger partial charge < -0.3 is 9.47 Å². The van der Waals surface area contributed by atoms with Gasteiger partial charge in [0.25, 0.3) is 0 Å². The van der Waals surface area contributed by atoms with Crippen LogP contribution in [0.4, 0.5) is 0 Å². The second-order valence-corrected chi connectivity index (χ2v) is 3.33. The van der Waals surface area contributed by atoms with E-state index in [0.717, 1.165) is 18.4 Å². The number of hydrogen-bond acceptors (Lipinski definition) is 2. The van der Waals surface area contributed by atoms with Crippen LogP contribution < -0.4 is 0 Å². The normalized spacial score (nSPS) is 13.4. The molecule has 0 rings (SSSR count). The molecule has 0 aliphatic carbocycles. The smallest absolute Gasteiger partial charge is 0.0780 e. The molecule has 0 aromatic rings. The number of hydrogen-bond donors (Lipinski definition) is 0. The molecule has 0 fully saturated rings. The van der Waals surface area contributed by atoms with Crippen molar-refractivity contribution in [2.75, 3.05) is 25.7 Å². The molecule has 0 aromatic carbocycles. The summed E-state index contributed by atoms with van der Waals surface area (Å²) in [6.45, 7) is 3.56. The van der Waals surface area contributed by atoms with Crippen molar-refractivity contribution in [1.82, 2.24) is 0 Å². The lowest BCUT2D eigenvalue weighted by molar-refractivity contribution is 0.00820. The van der Waals surface area contributed by atoms with Crippen LogP contribution in [0.2, 0.25) is 0 Å². The number of halogens is 1. The van der Waals surface area contributed by atoms with Gasteiger partial charge >= 0.3 is 0 Å². The van der Waals surface area contributed by atoms with Crippen molar-refractivity contribution in [1.29, 1.82) is 0 Å². The van der Waals surface area contributed by atoms with Crippen LogP contribution in [0.5, 0.6) is 0 Å². The predicted octanol–water partition coefficient (Wildman–Crippen LogP) is 2.21. The highest BCUT2D eigenvalue weighted by Crippen LogP contribution is 1.97. The van der Waals surface area contributed by atoms with Crippen molar-refractivity contribution in [3.05, 3.63) is 0 Å². The molecule has 0 aromatic heterocycles. The number of methoxy groups -OCH3 is 1. The quantitative estimate of drug-likeness (QED) is 0.488.